The number of nitrogens with one attached hydrogen (secondary N) is 1. The van der Waals surface area contributed by atoms with Crippen LogP contribution in [0.5, 0.6) is 0 Å². The summed E-state index contributed by atoms with van der Waals surface area (Å²) >= 11 is 3.17. The van der Waals surface area contributed by atoms with Crippen molar-refractivity contribution < 1.29 is 9.84 Å². The smallest absolute Gasteiger partial charge is 0.282 e. The van der Waals surface area contributed by atoms with Gasteiger partial charge in [-0.25, -0.2) is 4.68 Å². The van der Waals surface area contributed by atoms with E-state index in [1.54, 1.807) is 7.05 Å². The third-order valence-corrected chi connectivity index (χ3v) is 2.73. The van der Waals surface area contributed by atoms with Crippen LogP contribution in [0.1, 0.15) is 0 Å². The van der Waals surface area contributed by atoms with Crippen molar-refractivity contribution in [1.29, 1.82) is 0 Å². The second kappa shape index (κ2) is 5.97. The zero-order valence-corrected chi connectivity index (χ0v) is 10.7. The summed E-state index contributed by atoms with van der Waals surface area (Å²) in [4.78, 5) is 11.5. The fourth-order valence-corrected chi connectivity index (χ4v) is 1.61. The van der Waals surface area contributed by atoms with E-state index >= 15 is 0 Å². The van der Waals surface area contributed by atoms with Crippen molar-refractivity contribution in [1.82, 2.24) is 9.78 Å². The van der Waals surface area contributed by atoms with E-state index in [2.05, 4.69) is 26.3 Å². The maximum atomic E-state index is 11.5. The Labute approximate surface area is 101 Å². The number of aliphatic hydroxyl groups excluding tert-OH is 1. The molecule has 0 radical (unpaired) electrons. The standard InChI is InChI=1S/C9H14BrN3O3/c1-13-9(15)8(10)7(4-12-13)11-3-6(14)5-16-2/h4,6,11,14H,3,5H2,1-2H3. The van der Waals surface area contributed by atoms with E-state index in [-0.39, 0.29) is 12.2 Å². The molecule has 0 aromatic carbocycles. The zero-order valence-electron chi connectivity index (χ0n) is 9.11. The molecule has 0 saturated carbocycles. The van der Waals surface area contributed by atoms with Crippen LogP contribution in [-0.2, 0) is 11.8 Å². The van der Waals surface area contributed by atoms with Crippen LogP contribution in [-0.4, -0.2) is 41.3 Å². The van der Waals surface area contributed by atoms with Crippen LogP contribution in [0, 0.1) is 0 Å². The van der Waals surface area contributed by atoms with Crippen molar-refractivity contribution >= 4 is 21.6 Å². The van der Waals surface area contributed by atoms with E-state index in [1.807, 2.05) is 0 Å². The van der Waals surface area contributed by atoms with Crippen LogP contribution in [0.25, 0.3) is 0 Å². The molecule has 0 amide bonds. The summed E-state index contributed by atoms with van der Waals surface area (Å²) in [7, 11) is 3.08. The Balaban J connectivity index is 2.68. The predicted molar refractivity (Wildman–Crippen MR) is 63.6 cm³/mol. The van der Waals surface area contributed by atoms with E-state index in [1.165, 1.54) is 18.0 Å². The number of ether oxygens (including phenoxy) is 1. The van der Waals surface area contributed by atoms with Crippen molar-refractivity contribution in [3.63, 3.8) is 0 Å². The lowest BCUT2D eigenvalue weighted by Gasteiger charge is -2.12. The Morgan fingerprint density at radius 3 is 3.06 bits per heavy atom. The summed E-state index contributed by atoms with van der Waals surface area (Å²) in [6.07, 6.45) is 0.895. The van der Waals surface area contributed by atoms with Gasteiger partial charge in [-0.3, -0.25) is 4.79 Å². The van der Waals surface area contributed by atoms with E-state index in [9.17, 15) is 9.90 Å². The van der Waals surface area contributed by atoms with Crippen molar-refractivity contribution in [2.75, 3.05) is 25.6 Å². The number of nitrogens with zero attached hydrogens (tertiary/aromatic N) is 2. The van der Waals surface area contributed by atoms with Crippen molar-refractivity contribution in [3.05, 3.63) is 21.0 Å². The normalized spacial score (nSPS) is 12.5. The molecular weight excluding hydrogens is 278 g/mol. The summed E-state index contributed by atoms with van der Waals surface area (Å²) in [5.74, 6) is 0. The third kappa shape index (κ3) is 3.29. The van der Waals surface area contributed by atoms with Gasteiger partial charge in [0.05, 0.1) is 24.6 Å². The average molecular weight is 292 g/mol. The Bertz CT molecular complexity index is 407. The van der Waals surface area contributed by atoms with Crippen LogP contribution in [0.15, 0.2) is 15.5 Å². The molecule has 16 heavy (non-hydrogen) atoms. The summed E-state index contributed by atoms with van der Waals surface area (Å²) in [5, 5.41) is 16.2. The van der Waals surface area contributed by atoms with E-state index < -0.39 is 6.10 Å². The molecule has 0 bridgehead atoms. The van der Waals surface area contributed by atoms with Gasteiger partial charge in [-0.2, -0.15) is 5.10 Å². The highest BCUT2D eigenvalue weighted by molar-refractivity contribution is 9.10. The molecule has 2 N–H and O–H groups in total. The predicted octanol–water partition coefficient (Wildman–Crippen LogP) is -0.0380. The van der Waals surface area contributed by atoms with Gasteiger partial charge in [0.1, 0.15) is 4.47 Å². The van der Waals surface area contributed by atoms with Gasteiger partial charge in [0.25, 0.3) is 5.56 Å². The number of methoxy groups -OCH3 is 1. The minimum atomic E-state index is -0.624. The molecule has 1 rings (SSSR count). The number of aryl methyl sites for hydroxylation is 1. The minimum Gasteiger partial charge on any atom is -0.389 e. The molecule has 1 atom stereocenters. The molecule has 1 heterocycles. The number of aliphatic hydroxyl groups is 1. The summed E-state index contributed by atoms with van der Waals surface area (Å²) in [6, 6.07) is 0. The Hall–Kier alpha value is -0.920. The molecule has 7 heteroatoms. The Morgan fingerprint density at radius 2 is 2.44 bits per heavy atom. The van der Waals surface area contributed by atoms with Crippen LogP contribution < -0.4 is 10.9 Å². The van der Waals surface area contributed by atoms with E-state index in [4.69, 9.17) is 4.74 Å². The summed E-state index contributed by atoms with van der Waals surface area (Å²) in [6.45, 7) is 0.532. The van der Waals surface area contributed by atoms with Crippen molar-refractivity contribution in [2.45, 2.75) is 6.10 Å². The largest absolute Gasteiger partial charge is 0.389 e. The van der Waals surface area contributed by atoms with Crippen LogP contribution in [0.2, 0.25) is 0 Å². The van der Waals surface area contributed by atoms with Gasteiger partial charge in [-0.1, -0.05) is 0 Å². The van der Waals surface area contributed by atoms with Gasteiger partial charge < -0.3 is 15.2 Å². The summed E-state index contributed by atoms with van der Waals surface area (Å²) < 4.78 is 6.40. The number of hydrogen-bond acceptors (Lipinski definition) is 5. The second-order valence-electron chi connectivity index (χ2n) is 3.29. The van der Waals surface area contributed by atoms with Gasteiger partial charge in [-0.05, 0) is 15.9 Å². The number of aromatic nitrogens is 2. The first-order valence-electron chi connectivity index (χ1n) is 4.69. The second-order valence-corrected chi connectivity index (χ2v) is 4.08. The van der Waals surface area contributed by atoms with Gasteiger partial charge in [0.15, 0.2) is 0 Å². The lowest BCUT2D eigenvalue weighted by Crippen LogP contribution is -2.26. The fraction of sp³-hybridized carbons (Fsp3) is 0.556. The molecule has 0 fully saturated rings. The van der Waals surface area contributed by atoms with E-state index in [0.29, 0.717) is 16.7 Å². The SMILES string of the molecule is COCC(O)CNc1cnn(C)c(=O)c1Br. The maximum Gasteiger partial charge on any atom is 0.282 e. The molecule has 90 valence electrons. The van der Waals surface area contributed by atoms with Crippen molar-refractivity contribution in [3.8, 4) is 0 Å². The molecular formula is C9H14BrN3O3. The fourth-order valence-electron chi connectivity index (χ4n) is 1.11. The Kier molecular flexibility index (Phi) is 4.91. The van der Waals surface area contributed by atoms with Crippen molar-refractivity contribution in [2.24, 2.45) is 7.05 Å². The highest BCUT2D eigenvalue weighted by Gasteiger charge is 2.08. The van der Waals surface area contributed by atoms with Crippen LogP contribution in [0.4, 0.5) is 5.69 Å². The average Bonchev–Trinajstić information content (AvgIpc) is 2.25. The molecule has 0 spiro atoms. The lowest BCUT2D eigenvalue weighted by atomic mass is 10.3. The first kappa shape index (κ1) is 13.1. The van der Waals surface area contributed by atoms with Gasteiger partial charge >= 0.3 is 0 Å². The quantitative estimate of drug-likeness (QED) is 0.796. The number of halogens is 1. The zero-order chi connectivity index (χ0) is 12.1. The Morgan fingerprint density at radius 1 is 1.75 bits per heavy atom. The van der Waals surface area contributed by atoms with Crippen LogP contribution in [0.3, 0.4) is 0 Å². The monoisotopic (exact) mass is 291 g/mol. The van der Waals surface area contributed by atoms with Gasteiger partial charge in [0.2, 0.25) is 0 Å². The first-order chi connectivity index (χ1) is 7.56. The molecule has 1 aromatic heterocycles. The first-order valence-corrected chi connectivity index (χ1v) is 5.48. The molecule has 1 unspecified atom stereocenters. The molecule has 0 aliphatic heterocycles. The number of anilines is 1. The molecule has 6 nitrogen and oxygen atoms in total. The maximum absolute atomic E-state index is 11.5. The molecule has 1 aromatic rings. The highest BCUT2D eigenvalue weighted by atomic mass is 79.9. The number of hydrogen-bond donors (Lipinski definition) is 2. The lowest BCUT2D eigenvalue weighted by molar-refractivity contribution is 0.0727. The molecule has 0 aliphatic rings. The topological polar surface area (TPSA) is 76.4 Å². The minimum absolute atomic E-state index is 0.230. The highest BCUT2D eigenvalue weighted by Crippen LogP contribution is 2.15. The van der Waals surface area contributed by atoms with Crippen LogP contribution >= 0.6 is 15.9 Å². The number of rotatable bonds is 5. The third-order valence-electron chi connectivity index (χ3n) is 1.97. The molecule has 0 saturated heterocycles. The van der Waals surface area contributed by atoms with E-state index in [0.717, 1.165) is 0 Å². The van der Waals surface area contributed by atoms with Gasteiger partial charge in [0, 0.05) is 20.7 Å². The summed E-state index contributed by atoms with van der Waals surface area (Å²) in [5.41, 5.74) is 0.324. The van der Waals surface area contributed by atoms with Gasteiger partial charge in [-0.15, -0.1) is 0 Å². The molecule has 0 aliphatic carbocycles.